The highest BCUT2D eigenvalue weighted by Gasteiger charge is 2.01. The Balaban J connectivity index is 2.47. The van der Waals surface area contributed by atoms with E-state index in [1.165, 1.54) is 0 Å². The average molecular weight is 258 g/mol. The van der Waals surface area contributed by atoms with Crippen molar-refractivity contribution in [3.63, 3.8) is 0 Å². The third-order valence-electron chi connectivity index (χ3n) is 1.51. The molecule has 4 heteroatoms. The molecule has 0 aliphatic rings. The molecular weight excluding hydrogens is 246 g/mol. The number of amides is 1. The number of carbonyl (C=O) groups excluding carboxylic acids is 1. The van der Waals surface area contributed by atoms with Crippen LogP contribution >= 0.6 is 15.9 Å². The lowest BCUT2D eigenvalue weighted by molar-refractivity contribution is 0.161. The van der Waals surface area contributed by atoms with Crippen molar-refractivity contribution in [2.45, 2.75) is 13.3 Å². The lowest BCUT2D eigenvalue weighted by Crippen LogP contribution is -2.13. The standard InChI is InChI=1S/C10H12BrNO2/c1-2-6-14-10(13)12-9-5-3-4-8(11)7-9/h3-5,7H,2,6H2,1H3,(H,12,13). The number of benzene rings is 1. The molecule has 1 aromatic rings. The molecule has 0 radical (unpaired) electrons. The highest BCUT2D eigenvalue weighted by Crippen LogP contribution is 2.15. The molecule has 0 heterocycles. The molecule has 0 fully saturated rings. The molecular formula is C10H12BrNO2. The minimum atomic E-state index is -0.412. The van der Waals surface area contributed by atoms with E-state index < -0.39 is 6.09 Å². The number of nitrogens with one attached hydrogen (secondary N) is 1. The Morgan fingerprint density at radius 2 is 2.36 bits per heavy atom. The predicted molar refractivity (Wildman–Crippen MR) is 59.4 cm³/mol. The van der Waals surface area contributed by atoms with Gasteiger partial charge in [0.15, 0.2) is 0 Å². The predicted octanol–water partition coefficient (Wildman–Crippen LogP) is 3.41. The normalized spacial score (nSPS) is 9.57. The Labute approximate surface area is 91.6 Å². The lowest BCUT2D eigenvalue weighted by atomic mass is 10.3. The molecule has 1 rings (SSSR count). The summed E-state index contributed by atoms with van der Waals surface area (Å²) in [5.74, 6) is 0. The van der Waals surface area contributed by atoms with Gasteiger partial charge in [0.2, 0.25) is 0 Å². The molecule has 0 saturated carbocycles. The SMILES string of the molecule is CCCOC(=O)Nc1cccc(Br)c1. The number of ether oxygens (including phenoxy) is 1. The summed E-state index contributed by atoms with van der Waals surface area (Å²) < 4.78 is 5.79. The summed E-state index contributed by atoms with van der Waals surface area (Å²) in [7, 11) is 0. The summed E-state index contributed by atoms with van der Waals surface area (Å²) in [6.07, 6.45) is 0.413. The fourth-order valence-electron chi connectivity index (χ4n) is 0.915. The Kier molecular flexibility index (Phi) is 4.46. The Morgan fingerprint density at radius 3 is 3.00 bits per heavy atom. The smallest absolute Gasteiger partial charge is 0.411 e. The van der Waals surface area contributed by atoms with Gasteiger partial charge in [0.05, 0.1) is 6.61 Å². The number of hydrogen-bond acceptors (Lipinski definition) is 2. The second-order valence-electron chi connectivity index (χ2n) is 2.77. The van der Waals surface area contributed by atoms with Gasteiger partial charge in [-0.25, -0.2) is 4.79 Å². The Bertz CT molecular complexity index is 315. The van der Waals surface area contributed by atoms with Crippen molar-refractivity contribution < 1.29 is 9.53 Å². The molecule has 0 spiro atoms. The van der Waals surface area contributed by atoms with Crippen molar-refractivity contribution in [1.82, 2.24) is 0 Å². The van der Waals surface area contributed by atoms with Crippen molar-refractivity contribution in [3.8, 4) is 0 Å². The summed E-state index contributed by atoms with van der Waals surface area (Å²) in [4.78, 5) is 11.1. The Hall–Kier alpha value is -1.03. The van der Waals surface area contributed by atoms with Gasteiger partial charge >= 0.3 is 6.09 Å². The van der Waals surface area contributed by atoms with Crippen molar-refractivity contribution >= 4 is 27.7 Å². The van der Waals surface area contributed by atoms with Crippen LogP contribution < -0.4 is 5.32 Å². The first-order valence-electron chi connectivity index (χ1n) is 4.41. The maximum Gasteiger partial charge on any atom is 0.411 e. The quantitative estimate of drug-likeness (QED) is 0.902. The molecule has 0 bridgehead atoms. The van der Waals surface area contributed by atoms with Crippen LogP contribution in [-0.2, 0) is 4.74 Å². The van der Waals surface area contributed by atoms with Gasteiger partial charge in [0.1, 0.15) is 0 Å². The minimum absolute atomic E-state index is 0.412. The first-order valence-corrected chi connectivity index (χ1v) is 5.21. The van der Waals surface area contributed by atoms with Crippen LogP contribution in [0.5, 0.6) is 0 Å². The minimum Gasteiger partial charge on any atom is -0.449 e. The largest absolute Gasteiger partial charge is 0.449 e. The van der Waals surface area contributed by atoms with E-state index in [0.717, 1.165) is 16.6 Å². The molecule has 14 heavy (non-hydrogen) atoms. The van der Waals surface area contributed by atoms with E-state index in [1.54, 1.807) is 6.07 Å². The van der Waals surface area contributed by atoms with Crippen LogP contribution in [0.25, 0.3) is 0 Å². The second-order valence-corrected chi connectivity index (χ2v) is 3.69. The van der Waals surface area contributed by atoms with Crippen molar-refractivity contribution in [3.05, 3.63) is 28.7 Å². The molecule has 1 aromatic carbocycles. The van der Waals surface area contributed by atoms with E-state index >= 15 is 0 Å². The van der Waals surface area contributed by atoms with E-state index in [0.29, 0.717) is 6.61 Å². The van der Waals surface area contributed by atoms with Gasteiger partial charge in [-0.1, -0.05) is 28.9 Å². The van der Waals surface area contributed by atoms with E-state index in [4.69, 9.17) is 4.74 Å². The van der Waals surface area contributed by atoms with Gasteiger partial charge in [-0.15, -0.1) is 0 Å². The zero-order valence-corrected chi connectivity index (χ0v) is 9.50. The summed E-state index contributed by atoms with van der Waals surface area (Å²) in [6, 6.07) is 7.35. The molecule has 0 atom stereocenters. The molecule has 1 amide bonds. The number of carbonyl (C=O) groups is 1. The fraction of sp³-hybridized carbons (Fsp3) is 0.300. The number of hydrogen-bond donors (Lipinski definition) is 1. The molecule has 1 N–H and O–H groups in total. The van der Waals surface area contributed by atoms with Gasteiger partial charge in [-0.3, -0.25) is 5.32 Å². The highest BCUT2D eigenvalue weighted by molar-refractivity contribution is 9.10. The first kappa shape index (κ1) is 11.0. The Morgan fingerprint density at radius 1 is 1.57 bits per heavy atom. The topological polar surface area (TPSA) is 38.3 Å². The molecule has 0 unspecified atom stereocenters. The van der Waals surface area contributed by atoms with Gasteiger partial charge in [-0.2, -0.15) is 0 Å². The van der Waals surface area contributed by atoms with Crippen LogP contribution in [0.15, 0.2) is 28.7 Å². The van der Waals surface area contributed by atoms with Crippen LogP contribution in [0.4, 0.5) is 10.5 Å². The summed E-state index contributed by atoms with van der Waals surface area (Å²) >= 11 is 3.31. The van der Waals surface area contributed by atoms with E-state index in [9.17, 15) is 4.79 Å². The summed E-state index contributed by atoms with van der Waals surface area (Å²) in [5.41, 5.74) is 0.723. The fourth-order valence-corrected chi connectivity index (χ4v) is 1.31. The third kappa shape index (κ3) is 3.79. The third-order valence-corrected chi connectivity index (χ3v) is 2.00. The number of halogens is 1. The monoisotopic (exact) mass is 257 g/mol. The molecule has 0 aliphatic heterocycles. The second kappa shape index (κ2) is 5.65. The molecule has 0 saturated heterocycles. The average Bonchev–Trinajstić information content (AvgIpc) is 2.15. The summed E-state index contributed by atoms with van der Waals surface area (Å²) in [6.45, 7) is 2.40. The number of anilines is 1. The lowest BCUT2D eigenvalue weighted by Gasteiger charge is -2.05. The van der Waals surface area contributed by atoms with E-state index in [-0.39, 0.29) is 0 Å². The molecule has 0 aromatic heterocycles. The maximum absolute atomic E-state index is 11.1. The van der Waals surface area contributed by atoms with Crippen LogP contribution in [0.3, 0.4) is 0 Å². The zero-order valence-electron chi connectivity index (χ0n) is 7.92. The first-order chi connectivity index (χ1) is 6.72. The van der Waals surface area contributed by atoms with Crippen LogP contribution in [0.1, 0.15) is 13.3 Å². The molecule has 76 valence electrons. The van der Waals surface area contributed by atoms with Crippen LogP contribution in [-0.4, -0.2) is 12.7 Å². The van der Waals surface area contributed by atoms with Crippen LogP contribution in [0.2, 0.25) is 0 Å². The van der Waals surface area contributed by atoms with E-state index in [2.05, 4.69) is 21.2 Å². The van der Waals surface area contributed by atoms with Crippen molar-refractivity contribution in [1.29, 1.82) is 0 Å². The molecule has 0 aliphatic carbocycles. The van der Waals surface area contributed by atoms with Gasteiger partial charge < -0.3 is 4.74 Å². The van der Waals surface area contributed by atoms with Crippen molar-refractivity contribution in [2.24, 2.45) is 0 Å². The van der Waals surface area contributed by atoms with Gasteiger partial charge in [-0.05, 0) is 24.6 Å². The van der Waals surface area contributed by atoms with Crippen LogP contribution in [0, 0.1) is 0 Å². The van der Waals surface area contributed by atoms with E-state index in [1.807, 2.05) is 25.1 Å². The maximum atomic E-state index is 11.1. The summed E-state index contributed by atoms with van der Waals surface area (Å²) in [5, 5.41) is 2.63. The van der Waals surface area contributed by atoms with Crippen molar-refractivity contribution in [2.75, 3.05) is 11.9 Å². The van der Waals surface area contributed by atoms with Gasteiger partial charge in [0, 0.05) is 10.2 Å². The zero-order chi connectivity index (χ0) is 10.4. The molecule has 3 nitrogen and oxygen atoms in total. The highest BCUT2D eigenvalue weighted by atomic mass is 79.9. The van der Waals surface area contributed by atoms with Gasteiger partial charge in [0.25, 0.3) is 0 Å². The number of rotatable bonds is 3.